The van der Waals surface area contributed by atoms with Crippen LogP contribution in [0.4, 0.5) is 0 Å². The molecule has 0 aliphatic carbocycles. The van der Waals surface area contributed by atoms with E-state index >= 15 is 0 Å². The number of nitrogens with zero attached hydrogens (tertiary/aromatic N) is 2. The van der Waals surface area contributed by atoms with Crippen molar-refractivity contribution in [1.29, 1.82) is 5.26 Å². The van der Waals surface area contributed by atoms with Crippen LogP contribution in [-0.4, -0.2) is 18.6 Å². The third kappa shape index (κ3) is 3.94. The van der Waals surface area contributed by atoms with Gasteiger partial charge in [0.1, 0.15) is 29.9 Å². The molecule has 0 atom stereocenters. The fraction of sp³-hybridized carbons (Fsp3) is 0.250. The van der Waals surface area contributed by atoms with Crippen molar-refractivity contribution in [1.82, 2.24) is 4.98 Å². The molecule has 21 heavy (non-hydrogen) atoms. The average molecular weight is 283 g/mol. The Balaban J connectivity index is 2.13. The van der Waals surface area contributed by atoms with E-state index in [0.29, 0.717) is 25.3 Å². The molecule has 0 spiro atoms. The van der Waals surface area contributed by atoms with Crippen molar-refractivity contribution in [3.8, 4) is 17.6 Å². The highest BCUT2D eigenvalue weighted by molar-refractivity contribution is 5.40. The van der Waals surface area contributed by atoms with E-state index in [4.69, 9.17) is 20.5 Å². The van der Waals surface area contributed by atoms with E-state index in [-0.39, 0.29) is 0 Å². The fourth-order valence-corrected chi connectivity index (χ4v) is 1.96. The van der Waals surface area contributed by atoms with Gasteiger partial charge in [-0.25, -0.2) is 4.98 Å². The first kappa shape index (κ1) is 14.8. The van der Waals surface area contributed by atoms with Crippen LogP contribution < -0.4 is 15.2 Å². The Morgan fingerprint density at radius 2 is 2.14 bits per heavy atom. The van der Waals surface area contributed by atoms with Crippen LogP contribution in [0.25, 0.3) is 0 Å². The molecular weight excluding hydrogens is 266 g/mol. The summed E-state index contributed by atoms with van der Waals surface area (Å²) >= 11 is 0. The zero-order chi connectivity index (χ0) is 15.1. The normalized spacial score (nSPS) is 9.95. The molecule has 0 aliphatic heterocycles. The van der Waals surface area contributed by atoms with Crippen molar-refractivity contribution < 1.29 is 9.47 Å². The summed E-state index contributed by atoms with van der Waals surface area (Å²) in [5.74, 6) is 1.55. The summed E-state index contributed by atoms with van der Waals surface area (Å²) in [5.41, 5.74) is 7.91. The summed E-state index contributed by atoms with van der Waals surface area (Å²) in [7, 11) is 1.63. The minimum Gasteiger partial charge on any atom is -0.497 e. The van der Waals surface area contributed by atoms with Crippen molar-refractivity contribution in [2.45, 2.75) is 13.0 Å². The lowest BCUT2D eigenvalue weighted by Gasteiger charge is -2.12. The van der Waals surface area contributed by atoms with Crippen molar-refractivity contribution in [2.24, 2.45) is 5.73 Å². The Labute approximate surface area is 123 Å². The topological polar surface area (TPSA) is 81.2 Å². The van der Waals surface area contributed by atoms with Gasteiger partial charge in [-0.3, -0.25) is 0 Å². The van der Waals surface area contributed by atoms with Gasteiger partial charge in [-0.15, -0.1) is 0 Å². The molecule has 5 heteroatoms. The maximum Gasteiger partial charge on any atom is 0.140 e. The van der Waals surface area contributed by atoms with Crippen molar-refractivity contribution >= 4 is 0 Å². The molecule has 2 N–H and O–H groups in total. The Hall–Kier alpha value is -2.58. The smallest absolute Gasteiger partial charge is 0.140 e. The highest BCUT2D eigenvalue weighted by Crippen LogP contribution is 2.25. The third-order valence-electron chi connectivity index (χ3n) is 3.01. The first-order chi connectivity index (χ1) is 10.3. The summed E-state index contributed by atoms with van der Waals surface area (Å²) in [6, 6.07) is 11.2. The van der Waals surface area contributed by atoms with Crippen LogP contribution in [0.2, 0.25) is 0 Å². The number of nitrogens with two attached hydrogens (primary N) is 1. The number of ether oxygens (including phenoxy) is 2. The van der Waals surface area contributed by atoms with Gasteiger partial charge in [-0.05, 0) is 54.4 Å². The van der Waals surface area contributed by atoms with Crippen LogP contribution in [0, 0.1) is 11.3 Å². The monoisotopic (exact) mass is 283 g/mol. The van der Waals surface area contributed by atoms with Gasteiger partial charge in [-0.2, -0.15) is 5.26 Å². The Bertz CT molecular complexity index is 650. The van der Waals surface area contributed by atoms with E-state index in [2.05, 4.69) is 4.98 Å². The largest absolute Gasteiger partial charge is 0.497 e. The molecule has 1 heterocycles. The van der Waals surface area contributed by atoms with E-state index in [9.17, 15) is 0 Å². The third-order valence-corrected chi connectivity index (χ3v) is 3.01. The van der Waals surface area contributed by atoms with E-state index in [0.717, 1.165) is 22.6 Å². The van der Waals surface area contributed by atoms with Gasteiger partial charge in [-0.1, -0.05) is 0 Å². The number of aromatic nitrogens is 1. The standard InChI is InChI=1S/C16H17N3O2/c1-20-15-2-3-16(13(9-15)4-6-17)21-11-12-5-7-19-14(8-12)10-18/h2-3,5,7-9H,4,6,11,17H2,1H3. The first-order valence-corrected chi connectivity index (χ1v) is 6.61. The minimum atomic E-state index is 0.376. The fourth-order valence-electron chi connectivity index (χ4n) is 1.96. The molecule has 1 aromatic heterocycles. The summed E-state index contributed by atoms with van der Waals surface area (Å²) in [6.45, 7) is 0.915. The second kappa shape index (κ2) is 7.27. The van der Waals surface area contributed by atoms with Gasteiger partial charge in [0.05, 0.1) is 7.11 Å². The predicted molar refractivity (Wildman–Crippen MR) is 79.0 cm³/mol. The van der Waals surface area contributed by atoms with E-state index in [1.165, 1.54) is 0 Å². The van der Waals surface area contributed by atoms with E-state index in [1.807, 2.05) is 30.3 Å². The molecule has 0 radical (unpaired) electrons. The van der Waals surface area contributed by atoms with E-state index in [1.54, 1.807) is 19.4 Å². The lowest BCUT2D eigenvalue weighted by Crippen LogP contribution is -2.06. The molecule has 0 unspecified atom stereocenters. The van der Waals surface area contributed by atoms with Crippen LogP contribution in [0.3, 0.4) is 0 Å². The second-order valence-corrected chi connectivity index (χ2v) is 4.46. The van der Waals surface area contributed by atoms with Crippen LogP contribution >= 0.6 is 0 Å². The Morgan fingerprint density at radius 3 is 2.86 bits per heavy atom. The summed E-state index contributed by atoms with van der Waals surface area (Å²) < 4.78 is 11.0. The maximum atomic E-state index is 8.84. The summed E-state index contributed by atoms with van der Waals surface area (Å²) in [4.78, 5) is 3.93. The van der Waals surface area contributed by atoms with Gasteiger partial charge in [0, 0.05) is 6.20 Å². The molecule has 0 fully saturated rings. The summed E-state index contributed by atoms with van der Waals surface area (Å²) in [6.07, 6.45) is 2.32. The molecule has 0 bridgehead atoms. The van der Waals surface area contributed by atoms with Crippen molar-refractivity contribution in [3.63, 3.8) is 0 Å². The number of hydrogen-bond donors (Lipinski definition) is 1. The summed E-state index contributed by atoms with van der Waals surface area (Å²) in [5, 5.41) is 8.84. The number of pyridine rings is 1. The van der Waals surface area contributed by atoms with Gasteiger partial charge in [0.25, 0.3) is 0 Å². The number of methoxy groups -OCH3 is 1. The highest BCUT2D eigenvalue weighted by atomic mass is 16.5. The van der Waals surface area contributed by atoms with Crippen LogP contribution in [0.5, 0.6) is 11.5 Å². The molecular formula is C16H17N3O2. The number of hydrogen-bond acceptors (Lipinski definition) is 5. The molecule has 1 aromatic carbocycles. The quantitative estimate of drug-likeness (QED) is 0.877. The van der Waals surface area contributed by atoms with Crippen molar-refractivity contribution in [3.05, 3.63) is 53.3 Å². The van der Waals surface area contributed by atoms with Crippen molar-refractivity contribution in [2.75, 3.05) is 13.7 Å². The maximum absolute atomic E-state index is 8.84. The number of nitriles is 1. The molecule has 5 nitrogen and oxygen atoms in total. The molecule has 0 amide bonds. The molecule has 0 saturated heterocycles. The molecule has 108 valence electrons. The molecule has 0 saturated carbocycles. The van der Waals surface area contributed by atoms with Gasteiger partial charge in [0.2, 0.25) is 0 Å². The highest BCUT2D eigenvalue weighted by Gasteiger charge is 2.06. The minimum absolute atomic E-state index is 0.376. The number of benzene rings is 1. The lowest BCUT2D eigenvalue weighted by atomic mass is 10.1. The van der Waals surface area contributed by atoms with Gasteiger partial charge in [0.15, 0.2) is 0 Å². The Kier molecular flexibility index (Phi) is 5.13. The first-order valence-electron chi connectivity index (χ1n) is 6.61. The zero-order valence-corrected chi connectivity index (χ0v) is 11.9. The van der Waals surface area contributed by atoms with Crippen LogP contribution in [0.15, 0.2) is 36.5 Å². The van der Waals surface area contributed by atoms with E-state index < -0.39 is 0 Å². The molecule has 2 aromatic rings. The lowest BCUT2D eigenvalue weighted by molar-refractivity contribution is 0.302. The average Bonchev–Trinajstić information content (AvgIpc) is 2.54. The zero-order valence-electron chi connectivity index (χ0n) is 11.9. The predicted octanol–water partition coefficient (Wildman–Crippen LogP) is 2.04. The van der Waals surface area contributed by atoms with Crippen LogP contribution in [0.1, 0.15) is 16.8 Å². The second-order valence-electron chi connectivity index (χ2n) is 4.46. The molecule has 2 rings (SSSR count). The number of rotatable bonds is 6. The molecule has 0 aliphatic rings. The van der Waals surface area contributed by atoms with Crippen LogP contribution in [-0.2, 0) is 13.0 Å². The van der Waals surface area contributed by atoms with Gasteiger partial charge < -0.3 is 15.2 Å². The van der Waals surface area contributed by atoms with Gasteiger partial charge >= 0.3 is 0 Å². The Morgan fingerprint density at radius 1 is 1.29 bits per heavy atom. The SMILES string of the molecule is COc1ccc(OCc2ccnc(C#N)c2)c(CCN)c1.